The molecule has 0 aliphatic heterocycles. The molecule has 0 fully saturated rings. The quantitative estimate of drug-likeness (QED) is 0.355. The van der Waals surface area contributed by atoms with E-state index in [1.807, 2.05) is 23.1 Å². The van der Waals surface area contributed by atoms with E-state index in [0.29, 0.717) is 6.61 Å². The smallest absolute Gasteiger partial charge is 0.0521 e. The Labute approximate surface area is 145 Å². The molecule has 0 aliphatic rings. The summed E-state index contributed by atoms with van der Waals surface area (Å²) >= 11 is 3.78. The molecule has 0 unspecified atom stereocenters. The maximum absolute atomic E-state index is 8.68. The lowest BCUT2D eigenvalue weighted by molar-refractivity contribution is 0.322. The molecular weight excluding hydrogens is 308 g/mol. The van der Waals surface area contributed by atoms with Gasteiger partial charge in [-0.3, -0.25) is 0 Å². The molecule has 128 valence electrons. The van der Waals surface area contributed by atoms with Gasteiger partial charge in [-0.25, -0.2) is 0 Å². The van der Waals surface area contributed by atoms with Crippen molar-refractivity contribution in [2.24, 2.45) is 0 Å². The van der Waals surface area contributed by atoms with Gasteiger partial charge in [0.15, 0.2) is 0 Å². The third kappa shape index (κ3) is 12.5. The van der Waals surface area contributed by atoms with Gasteiger partial charge in [-0.1, -0.05) is 63.9 Å². The van der Waals surface area contributed by atoms with Gasteiger partial charge in [-0.2, -0.15) is 11.8 Å². The number of rotatable bonds is 16. The maximum atomic E-state index is 8.68. The number of aliphatic hydroxyl groups is 1. The van der Waals surface area contributed by atoms with Gasteiger partial charge in [-0.15, -0.1) is 11.3 Å². The molecule has 0 atom stereocenters. The van der Waals surface area contributed by atoms with Gasteiger partial charge in [0, 0.05) is 10.6 Å². The molecule has 0 aliphatic carbocycles. The Bertz CT molecular complexity index is 311. The highest BCUT2D eigenvalue weighted by atomic mass is 32.2. The van der Waals surface area contributed by atoms with Crippen molar-refractivity contribution in [1.29, 1.82) is 0 Å². The van der Waals surface area contributed by atoms with Crippen LogP contribution in [0.4, 0.5) is 0 Å². The van der Waals surface area contributed by atoms with E-state index in [4.69, 9.17) is 5.11 Å². The number of thioether (sulfide) groups is 1. The molecule has 3 heteroatoms. The second kappa shape index (κ2) is 15.9. The van der Waals surface area contributed by atoms with Crippen LogP contribution in [0.15, 0.2) is 17.5 Å². The van der Waals surface area contributed by atoms with Crippen molar-refractivity contribution in [1.82, 2.24) is 0 Å². The summed E-state index contributed by atoms with van der Waals surface area (Å²) in [7, 11) is 0. The minimum absolute atomic E-state index is 0.332. The summed E-state index contributed by atoms with van der Waals surface area (Å²) in [5.74, 6) is 2.14. The molecule has 1 nitrogen and oxygen atoms in total. The standard InChI is InChI=1S/C19H34OS2/c20-15-18-21-16-11-9-7-5-3-1-2-4-6-8-10-13-19-14-12-17-22-19/h12,14,17,20H,1-11,13,15-16,18H2. The third-order valence-electron chi connectivity index (χ3n) is 4.03. The van der Waals surface area contributed by atoms with Gasteiger partial charge in [-0.05, 0) is 36.5 Å². The normalized spacial score (nSPS) is 11.1. The van der Waals surface area contributed by atoms with Crippen molar-refractivity contribution >= 4 is 23.1 Å². The first-order valence-corrected chi connectivity index (χ1v) is 11.2. The van der Waals surface area contributed by atoms with Crippen LogP contribution in [0.5, 0.6) is 0 Å². The molecular formula is C19H34OS2. The van der Waals surface area contributed by atoms with Gasteiger partial charge in [0.05, 0.1) is 6.61 Å². The topological polar surface area (TPSA) is 20.2 Å². The van der Waals surface area contributed by atoms with Crippen molar-refractivity contribution in [2.75, 3.05) is 18.1 Å². The SMILES string of the molecule is OCCSCCCCCCCCCCCCCc1cccs1. The Balaban J connectivity index is 1.68. The Morgan fingerprint density at radius 1 is 0.773 bits per heavy atom. The highest BCUT2D eigenvalue weighted by Gasteiger charge is 1.96. The fourth-order valence-electron chi connectivity index (χ4n) is 2.72. The second-order valence-corrected chi connectivity index (χ2v) is 8.31. The number of unbranched alkanes of at least 4 members (excludes halogenated alkanes) is 10. The lowest BCUT2D eigenvalue weighted by Crippen LogP contribution is -1.89. The summed E-state index contributed by atoms with van der Waals surface area (Å²) < 4.78 is 0. The molecule has 0 spiro atoms. The van der Waals surface area contributed by atoms with Gasteiger partial charge in [0.2, 0.25) is 0 Å². The lowest BCUT2D eigenvalue weighted by atomic mass is 10.1. The molecule has 1 heterocycles. The van der Waals surface area contributed by atoms with Crippen LogP contribution < -0.4 is 0 Å². The monoisotopic (exact) mass is 342 g/mol. The van der Waals surface area contributed by atoms with Crippen LogP contribution in [0.25, 0.3) is 0 Å². The van der Waals surface area contributed by atoms with E-state index in [0.717, 1.165) is 5.75 Å². The molecule has 0 amide bonds. The molecule has 1 aromatic rings. The molecule has 0 saturated carbocycles. The Hall–Kier alpha value is 0.01000. The summed E-state index contributed by atoms with van der Waals surface area (Å²) in [5, 5.41) is 10.9. The highest BCUT2D eigenvalue weighted by Crippen LogP contribution is 2.15. The largest absolute Gasteiger partial charge is 0.396 e. The predicted molar refractivity (Wildman–Crippen MR) is 103 cm³/mol. The van der Waals surface area contributed by atoms with Crippen LogP contribution in [0.2, 0.25) is 0 Å². The number of hydrogen-bond acceptors (Lipinski definition) is 3. The van der Waals surface area contributed by atoms with Gasteiger partial charge in [0.25, 0.3) is 0 Å². The Kier molecular flexibility index (Phi) is 14.5. The van der Waals surface area contributed by atoms with Crippen LogP contribution >= 0.6 is 23.1 Å². The van der Waals surface area contributed by atoms with Gasteiger partial charge < -0.3 is 5.11 Å². The molecule has 1 N–H and O–H groups in total. The molecule has 1 aromatic heterocycles. The number of hydrogen-bond donors (Lipinski definition) is 1. The zero-order chi connectivity index (χ0) is 15.7. The van der Waals surface area contributed by atoms with E-state index in [-0.39, 0.29) is 0 Å². The van der Waals surface area contributed by atoms with Gasteiger partial charge in [0.1, 0.15) is 0 Å². The van der Waals surface area contributed by atoms with E-state index < -0.39 is 0 Å². The van der Waals surface area contributed by atoms with E-state index in [1.54, 1.807) is 4.88 Å². The second-order valence-electron chi connectivity index (χ2n) is 6.05. The average molecular weight is 343 g/mol. The van der Waals surface area contributed by atoms with Crippen LogP contribution in [0, 0.1) is 0 Å². The summed E-state index contributed by atoms with van der Waals surface area (Å²) in [6, 6.07) is 4.42. The van der Waals surface area contributed by atoms with Crippen molar-refractivity contribution in [2.45, 2.75) is 77.0 Å². The first kappa shape index (κ1) is 20.1. The highest BCUT2D eigenvalue weighted by molar-refractivity contribution is 7.99. The van der Waals surface area contributed by atoms with Crippen LogP contribution in [-0.2, 0) is 6.42 Å². The van der Waals surface area contributed by atoms with E-state index in [2.05, 4.69) is 17.5 Å². The number of aryl methyl sites for hydroxylation is 1. The zero-order valence-corrected chi connectivity index (χ0v) is 15.7. The molecule has 0 aromatic carbocycles. The van der Waals surface area contributed by atoms with Crippen molar-refractivity contribution in [3.8, 4) is 0 Å². The van der Waals surface area contributed by atoms with Crippen molar-refractivity contribution in [3.63, 3.8) is 0 Å². The molecule has 0 saturated heterocycles. The molecule has 1 rings (SSSR count). The fraction of sp³-hybridized carbons (Fsp3) is 0.789. The maximum Gasteiger partial charge on any atom is 0.0521 e. The molecule has 22 heavy (non-hydrogen) atoms. The fourth-order valence-corrected chi connectivity index (χ4v) is 4.21. The zero-order valence-electron chi connectivity index (χ0n) is 14.1. The predicted octanol–water partition coefficient (Wildman–Crippen LogP) is 6.31. The van der Waals surface area contributed by atoms with Gasteiger partial charge >= 0.3 is 0 Å². The minimum atomic E-state index is 0.332. The summed E-state index contributed by atoms with van der Waals surface area (Å²) in [4.78, 5) is 1.55. The van der Waals surface area contributed by atoms with Crippen LogP contribution in [0.3, 0.4) is 0 Å². The molecule has 0 radical (unpaired) electrons. The summed E-state index contributed by atoms with van der Waals surface area (Å²) in [6.45, 7) is 0.332. The average Bonchev–Trinajstić information content (AvgIpc) is 3.04. The van der Waals surface area contributed by atoms with E-state index >= 15 is 0 Å². The first-order chi connectivity index (χ1) is 10.9. The molecule has 0 bridgehead atoms. The summed E-state index contributed by atoms with van der Waals surface area (Å²) in [6.07, 6.45) is 16.7. The van der Waals surface area contributed by atoms with Crippen molar-refractivity contribution < 1.29 is 5.11 Å². The van der Waals surface area contributed by atoms with E-state index in [9.17, 15) is 0 Å². The van der Waals surface area contributed by atoms with Crippen LogP contribution in [0.1, 0.15) is 75.5 Å². The minimum Gasteiger partial charge on any atom is -0.396 e. The lowest BCUT2D eigenvalue weighted by Gasteiger charge is -2.03. The number of aliphatic hydroxyl groups excluding tert-OH is 1. The summed E-state index contributed by atoms with van der Waals surface area (Å²) in [5.41, 5.74) is 0. The van der Waals surface area contributed by atoms with E-state index in [1.165, 1.54) is 82.8 Å². The van der Waals surface area contributed by atoms with Crippen molar-refractivity contribution in [3.05, 3.63) is 22.4 Å². The Morgan fingerprint density at radius 3 is 1.91 bits per heavy atom. The third-order valence-corrected chi connectivity index (χ3v) is 6.01. The first-order valence-electron chi connectivity index (χ1n) is 9.14. The van der Waals surface area contributed by atoms with Crippen LogP contribution in [-0.4, -0.2) is 23.2 Å². The Morgan fingerprint density at radius 2 is 1.36 bits per heavy atom. The number of thiophene rings is 1.